The third-order valence-electron chi connectivity index (χ3n) is 9.80. The van der Waals surface area contributed by atoms with Crippen LogP contribution in [0, 0.1) is 0 Å². The van der Waals surface area contributed by atoms with Gasteiger partial charge in [-0.1, -0.05) is 9.97 Å². The fraction of sp³-hybridized carbons (Fsp3) is 0.643. The lowest BCUT2D eigenvalue weighted by Crippen LogP contribution is -2.46. The second-order valence-corrected chi connectivity index (χ2v) is 20.1. The van der Waals surface area contributed by atoms with Gasteiger partial charge in [0.05, 0.1) is 40.5 Å². The van der Waals surface area contributed by atoms with E-state index >= 15 is 0 Å². The molecule has 0 saturated carbocycles. The smallest absolute Gasteiger partial charge is 0.472 e. The van der Waals surface area contributed by atoms with Crippen LogP contribution >= 0.6 is 31.3 Å². The number of nitrogens with one attached hydrogen (secondary N) is 2. The Hall–Kier alpha value is -3.50. The Morgan fingerprint density at radius 2 is 1.05 bits per heavy atom. The number of hydrogen-bond acceptors (Lipinski definition) is 26. The molecule has 2 saturated heterocycles. The Kier molecular flexibility index (Phi) is 15.6. The molecule has 4 aromatic heterocycles. The molecule has 2 aliphatic heterocycles. The molecule has 6 heterocycles. The van der Waals surface area contributed by atoms with Crippen LogP contribution in [-0.2, 0) is 78.0 Å². The number of aliphatic hydroxyl groups is 4. The van der Waals surface area contributed by atoms with E-state index in [1.807, 2.05) is 0 Å². The average molecular weight is 1030 g/mol. The van der Waals surface area contributed by atoms with Gasteiger partial charge in [-0.15, -0.1) is 0 Å². The zero-order valence-corrected chi connectivity index (χ0v) is 38.0. The third kappa shape index (κ3) is 11.5. The first-order valence-corrected chi connectivity index (χ1v) is 24.5. The maximum Gasteiger partial charge on any atom is 0.472 e. The van der Waals surface area contributed by atoms with Gasteiger partial charge in [0.1, 0.15) is 48.8 Å². The van der Waals surface area contributed by atoms with E-state index in [1.165, 1.54) is 35.9 Å². The highest BCUT2D eigenvalue weighted by molar-refractivity contribution is 7.47. The SMILES string of the molecule is COP(=O)([O-])OC(COP(=O)(O)OC[C@H]1O[C@@H]([n+]2cn(C)c3c(=O)[nH]c(N)nc32)[C@H](O)[C@@H]1O)[C@@H](COP(=O)(O)OC[C@H]1O[C@@H]([n+]2cn(C)c3c(=O)[nH]c(N)nc32)[C@H](O)[C@@H]1O)OP(=O)([O-])OC. The molecule has 0 aromatic carbocycles. The summed E-state index contributed by atoms with van der Waals surface area (Å²) in [5.74, 6) is -0.597. The summed E-state index contributed by atoms with van der Waals surface area (Å²) >= 11 is 0. The van der Waals surface area contributed by atoms with Gasteiger partial charge in [0.15, 0.2) is 12.7 Å². The van der Waals surface area contributed by atoms with Crippen LogP contribution in [0.2, 0.25) is 0 Å². The van der Waals surface area contributed by atoms with E-state index in [9.17, 15) is 67.8 Å². The molecule has 0 radical (unpaired) electrons. The maximum absolute atomic E-state index is 13.1. The number of nitrogens with two attached hydrogens (primary N) is 2. The Labute approximate surface area is 368 Å². The lowest BCUT2D eigenvalue weighted by Gasteiger charge is -2.34. The number of aromatic amines is 2. The van der Waals surface area contributed by atoms with E-state index in [-0.39, 0.29) is 34.2 Å². The fourth-order valence-corrected chi connectivity index (χ4v) is 9.40. The topological polar surface area (TPSA) is 489 Å². The van der Waals surface area contributed by atoms with Crippen LogP contribution in [0.25, 0.3) is 22.3 Å². The first-order chi connectivity index (χ1) is 30.7. The molecule has 12 N–H and O–H groups in total. The average Bonchev–Trinajstić information content (AvgIpc) is 3.92. The van der Waals surface area contributed by atoms with Gasteiger partial charge in [-0.3, -0.25) is 55.9 Å². The molecule has 6 rings (SSSR count). The van der Waals surface area contributed by atoms with Gasteiger partial charge in [0.25, 0.3) is 38.7 Å². The van der Waals surface area contributed by atoms with E-state index in [0.29, 0.717) is 14.2 Å². The summed E-state index contributed by atoms with van der Waals surface area (Å²) in [5.41, 5.74) is 9.83. The van der Waals surface area contributed by atoms with Crippen LogP contribution in [0.1, 0.15) is 12.5 Å². The summed E-state index contributed by atoms with van der Waals surface area (Å²) < 4.78 is 105. The number of phosphoric ester groups is 4. The molecule has 0 amide bonds. The third-order valence-corrected chi connectivity index (χ3v) is 13.7. The van der Waals surface area contributed by atoms with Gasteiger partial charge in [0.2, 0.25) is 23.5 Å². The second kappa shape index (κ2) is 19.8. The number of ether oxygens (including phenoxy) is 2. The first-order valence-electron chi connectivity index (χ1n) is 18.6. The van der Waals surface area contributed by atoms with Crippen LogP contribution < -0.4 is 41.5 Å². The summed E-state index contributed by atoms with van der Waals surface area (Å²) in [5, 5.41) is 43.0. The van der Waals surface area contributed by atoms with Crippen molar-refractivity contribution in [3.05, 3.63) is 33.4 Å². The summed E-state index contributed by atoms with van der Waals surface area (Å²) in [4.78, 5) is 83.4. The van der Waals surface area contributed by atoms with Crippen LogP contribution in [0.3, 0.4) is 0 Å². The fourth-order valence-electron chi connectivity index (χ4n) is 6.68. The lowest BCUT2D eigenvalue weighted by atomic mass is 10.1. The summed E-state index contributed by atoms with van der Waals surface area (Å²) in [6, 6.07) is 0. The van der Waals surface area contributed by atoms with Crippen LogP contribution in [0.15, 0.2) is 22.2 Å². The molecule has 2 fully saturated rings. The van der Waals surface area contributed by atoms with Crippen LogP contribution in [0.4, 0.5) is 11.9 Å². The highest BCUT2D eigenvalue weighted by atomic mass is 31.2. The summed E-state index contributed by atoms with van der Waals surface area (Å²) in [6.07, 6.45) is -15.6. The predicted octanol–water partition coefficient (Wildman–Crippen LogP) is -6.22. The Bertz CT molecular complexity index is 2550. The van der Waals surface area contributed by atoms with Gasteiger partial charge in [-0.25, -0.2) is 18.3 Å². The zero-order valence-electron chi connectivity index (χ0n) is 34.4. The highest BCUT2D eigenvalue weighted by Crippen LogP contribution is 2.50. The minimum atomic E-state index is -5.50. The molecule has 2 aliphatic rings. The number of imidazole rings is 2. The highest BCUT2D eigenvalue weighted by Gasteiger charge is 2.50. The Balaban J connectivity index is 1.12. The lowest BCUT2D eigenvalue weighted by molar-refractivity contribution is -0.746. The van der Waals surface area contributed by atoms with Gasteiger partial charge in [-0.05, 0) is 0 Å². The molecule has 5 unspecified atom stereocenters. The van der Waals surface area contributed by atoms with Gasteiger partial charge < -0.3 is 79.0 Å². The largest absolute Gasteiger partial charge is 0.756 e. The molecule has 0 aliphatic carbocycles. The molecule has 38 heteroatoms. The number of nitrogens with zero attached hydrogens (tertiary/aromatic N) is 6. The number of anilines is 2. The zero-order chi connectivity index (χ0) is 48.8. The van der Waals surface area contributed by atoms with Crippen molar-refractivity contribution in [1.29, 1.82) is 0 Å². The normalized spacial score (nSPS) is 28.2. The molecular weight excluding hydrogens is 984 g/mol. The Morgan fingerprint density at radius 1 is 0.697 bits per heavy atom. The van der Waals surface area contributed by atoms with Crippen molar-refractivity contribution in [2.24, 2.45) is 14.1 Å². The summed E-state index contributed by atoms with van der Waals surface area (Å²) in [6.45, 7) is -5.01. The molecular formula is C28H44N10O24P4. The van der Waals surface area contributed by atoms with E-state index in [0.717, 1.165) is 9.13 Å². The van der Waals surface area contributed by atoms with E-state index in [4.69, 9.17) is 48.1 Å². The quantitative estimate of drug-likeness (QED) is 0.0274. The molecule has 370 valence electrons. The number of hydrogen-bond donors (Lipinski definition) is 10. The molecule has 4 aromatic rings. The number of aliphatic hydroxyl groups excluding tert-OH is 4. The molecule has 34 nitrogen and oxygen atoms in total. The molecule has 14 atom stereocenters. The second-order valence-electron chi connectivity index (χ2n) is 14.3. The predicted molar refractivity (Wildman–Crippen MR) is 206 cm³/mol. The van der Waals surface area contributed by atoms with Gasteiger partial charge >= 0.3 is 26.9 Å². The molecule has 0 bridgehead atoms. The number of phosphoric acid groups is 4. The molecule has 0 spiro atoms. The number of aromatic nitrogens is 8. The maximum atomic E-state index is 13.1. The van der Waals surface area contributed by atoms with E-state index in [1.54, 1.807) is 0 Å². The van der Waals surface area contributed by atoms with E-state index in [2.05, 4.69) is 29.0 Å². The number of H-pyrrole nitrogens is 2. The van der Waals surface area contributed by atoms with Crippen molar-refractivity contribution >= 4 is 65.5 Å². The van der Waals surface area contributed by atoms with E-state index < -0.39 is 130 Å². The Morgan fingerprint density at radius 3 is 1.38 bits per heavy atom. The van der Waals surface area contributed by atoms with Gasteiger partial charge in [-0.2, -0.15) is 0 Å². The molecule has 66 heavy (non-hydrogen) atoms. The standard InChI is InChI=1S/C28H44N10O24P4/c1-35-9-37(21-15(35)23(43)33-27(29)31-21)25-19(41)17(39)13(59-25)7-57-65(49,50)55-5-11(61-63(45,46)53-3)12(62-64(47,48)54-4)6-56-66(51,52)58-8-14-18(40)20(42)26(60-14)38-10-36(2)16-22(38)32-28(30)34-24(16)44/h9-14,17-20,25-26,39-42H,5-8H2,1-4H3,(H8-2,29,30,31,32,33,34,43,44,45,46,47,48,49,50,51,52)/t11-,12?,13-,14-,17-,18-,19-,20-,25-,26-/m1/s1. The van der Waals surface area contributed by atoms with Gasteiger partial charge in [0, 0.05) is 14.2 Å². The number of aryl methyl sites for hydroxylation is 2. The first kappa shape index (κ1) is 51.9. The number of fused-ring (bicyclic) bond motifs is 2. The van der Waals surface area contributed by atoms with Crippen molar-refractivity contribution in [1.82, 2.24) is 29.1 Å². The number of rotatable bonds is 21. The van der Waals surface area contributed by atoms with Crippen molar-refractivity contribution in [2.45, 2.75) is 61.3 Å². The minimum absolute atomic E-state index is 0.00729. The van der Waals surface area contributed by atoms with Crippen LogP contribution in [0.5, 0.6) is 0 Å². The van der Waals surface area contributed by atoms with Crippen molar-refractivity contribution in [2.75, 3.05) is 52.1 Å². The number of nitrogen functional groups attached to an aromatic ring is 2. The van der Waals surface area contributed by atoms with Crippen molar-refractivity contribution in [3.63, 3.8) is 0 Å². The van der Waals surface area contributed by atoms with Crippen LogP contribution in [-0.4, -0.2) is 149 Å². The summed E-state index contributed by atoms with van der Waals surface area (Å²) in [7, 11) is -17.8. The van der Waals surface area contributed by atoms with Crippen molar-refractivity contribution in [3.8, 4) is 0 Å². The van der Waals surface area contributed by atoms with Crippen molar-refractivity contribution < 1.29 is 113 Å². The minimum Gasteiger partial charge on any atom is -0.756 e. The monoisotopic (exact) mass is 1030 g/mol.